The number of halogens is 1. The smallest absolute Gasteiger partial charge is 0.257 e. The van der Waals surface area contributed by atoms with Crippen LogP contribution in [0.25, 0.3) is 0 Å². The number of benzene rings is 1. The van der Waals surface area contributed by atoms with Gasteiger partial charge in [0.2, 0.25) is 5.91 Å². The number of amides is 2. The van der Waals surface area contributed by atoms with E-state index in [1.165, 1.54) is 6.42 Å². The molecule has 0 unspecified atom stereocenters. The summed E-state index contributed by atoms with van der Waals surface area (Å²) in [5, 5.41) is 3.89. The third-order valence-corrected chi connectivity index (χ3v) is 7.67. The molecular weight excluding hydrogens is 402 g/mol. The molecule has 2 amide bonds. The van der Waals surface area contributed by atoms with Gasteiger partial charge in [-0.2, -0.15) is 0 Å². The first kappa shape index (κ1) is 21.4. The number of ether oxygens (including phenoxy) is 1. The summed E-state index contributed by atoms with van der Waals surface area (Å²) in [6.45, 7) is 7.60. The Labute approximate surface area is 183 Å². The van der Waals surface area contributed by atoms with E-state index < -0.39 is 0 Å². The van der Waals surface area contributed by atoms with E-state index in [0.29, 0.717) is 41.4 Å². The summed E-state index contributed by atoms with van der Waals surface area (Å²) < 4.78 is 5.36. The molecule has 3 fully saturated rings. The van der Waals surface area contributed by atoms with E-state index >= 15 is 0 Å². The van der Waals surface area contributed by atoms with Crippen molar-refractivity contribution < 1.29 is 14.3 Å². The molecule has 1 aromatic carbocycles. The fraction of sp³-hybridized carbons (Fsp3) is 0.652. The lowest BCUT2D eigenvalue weighted by molar-refractivity contribution is -0.123. The first-order chi connectivity index (χ1) is 14.4. The van der Waals surface area contributed by atoms with Crippen LogP contribution in [0.2, 0.25) is 5.02 Å². The summed E-state index contributed by atoms with van der Waals surface area (Å²) in [5.41, 5.74) is 0.357. The van der Waals surface area contributed by atoms with Crippen LogP contribution in [0, 0.1) is 11.8 Å². The highest BCUT2D eigenvalue weighted by molar-refractivity contribution is 6.30. The van der Waals surface area contributed by atoms with Gasteiger partial charge in [0, 0.05) is 48.7 Å². The minimum absolute atomic E-state index is 0.0381. The number of piperidine rings is 1. The third kappa shape index (κ3) is 3.69. The number of carbonyl (C=O) groups excluding carboxylic acids is 2. The molecule has 164 valence electrons. The van der Waals surface area contributed by atoms with Crippen LogP contribution < -0.4 is 10.1 Å². The number of fused-ring (bicyclic) bond motifs is 2. The standard InChI is InChI=1S/C23H32ClN3O3/c1-4-5-15(2)27-13-18-19(14-27)23(25-21(18)28)8-10-26(11-9-23)22(29)17-7-6-16(24)12-20(17)30-3/h6-7,12,15,18-19H,4-5,8-11,13-14H2,1-3H3,(H,25,28)/t15-,18+,19-/m0/s1. The molecule has 7 heteroatoms. The van der Waals surface area contributed by atoms with Crippen molar-refractivity contribution in [3.63, 3.8) is 0 Å². The van der Waals surface area contributed by atoms with Gasteiger partial charge in [-0.05, 0) is 44.4 Å². The number of nitrogens with zero attached hydrogens (tertiary/aromatic N) is 2. The fourth-order valence-electron chi connectivity index (χ4n) is 5.67. The zero-order valence-electron chi connectivity index (χ0n) is 18.1. The van der Waals surface area contributed by atoms with Crippen LogP contribution in [0.4, 0.5) is 0 Å². The molecule has 6 nitrogen and oxygen atoms in total. The number of hydrogen-bond acceptors (Lipinski definition) is 4. The van der Waals surface area contributed by atoms with Crippen molar-refractivity contribution >= 4 is 23.4 Å². The lowest BCUT2D eigenvalue weighted by atomic mass is 9.75. The van der Waals surface area contributed by atoms with Crippen molar-refractivity contribution in [2.24, 2.45) is 11.8 Å². The molecule has 1 aromatic rings. The second kappa shape index (κ2) is 8.39. The topological polar surface area (TPSA) is 61.9 Å². The van der Waals surface area contributed by atoms with Crippen molar-refractivity contribution in [2.75, 3.05) is 33.3 Å². The number of hydrogen-bond donors (Lipinski definition) is 1. The molecule has 0 bridgehead atoms. The number of rotatable bonds is 5. The highest BCUT2D eigenvalue weighted by Gasteiger charge is 2.57. The number of methoxy groups -OCH3 is 1. The molecule has 4 rings (SSSR count). The van der Waals surface area contributed by atoms with E-state index in [1.54, 1.807) is 25.3 Å². The summed E-state index contributed by atoms with van der Waals surface area (Å²) >= 11 is 6.04. The maximum Gasteiger partial charge on any atom is 0.257 e. The summed E-state index contributed by atoms with van der Waals surface area (Å²) in [5.74, 6) is 1.09. The molecule has 3 aliphatic heterocycles. The van der Waals surface area contributed by atoms with Gasteiger partial charge in [-0.1, -0.05) is 24.9 Å². The minimum atomic E-state index is -0.177. The Morgan fingerprint density at radius 1 is 1.33 bits per heavy atom. The Morgan fingerprint density at radius 2 is 2.07 bits per heavy atom. The van der Waals surface area contributed by atoms with Crippen molar-refractivity contribution in [3.05, 3.63) is 28.8 Å². The predicted molar refractivity (Wildman–Crippen MR) is 117 cm³/mol. The van der Waals surface area contributed by atoms with Crippen molar-refractivity contribution in [1.29, 1.82) is 0 Å². The van der Waals surface area contributed by atoms with E-state index in [0.717, 1.165) is 32.4 Å². The van der Waals surface area contributed by atoms with Gasteiger partial charge in [0.15, 0.2) is 0 Å². The van der Waals surface area contributed by atoms with Crippen LogP contribution in [0.3, 0.4) is 0 Å². The summed E-state index contributed by atoms with van der Waals surface area (Å²) in [6.07, 6.45) is 3.93. The monoisotopic (exact) mass is 433 g/mol. The number of nitrogens with one attached hydrogen (secondary N) is 1. The molecular formula is C23H32ClN3O3. The lowest BCUT2D eigenvalue weighted by Gasteiger charge is -2.43. The predicted octanol–water partition coefficient (Wildman–Crippen LogP) is 3.19. The first-order valence-corrected chi connectivity index (χ1v) is 11.4. The summed E-state index contributed by atoms with van der Waals surface area (Å²) in [6, 6.07) is 5.64. The SMILES string of the molecule is CCC[C@H](C)N1C[C@H]2C(=O)NC3(CCN(C(=O)c4ccc(Cl)cc4OC)CC3)[C@H]2C1. The molecule has 1 N–H and O–H groups in total. The molecule has 1 spiro atoms. The van der Waals surface area contributed by atoms with Crippen LogP contribution in [0.15, 0.2) is 18.2 Å². The molecule has 0 aromatic heterocycles. The van der Waals surface area contributed by atoms with Crippen LogP contribution in [-0.4, -0.2) is 66.5 Å². The van der Waals surface area contributed by atoms with E-state index in [4.69, 9.17) is 16.3 Å². The maximum atomic E-state index is 13.1. The summed E-state index contributed by atoms with van der Waals surface area (Å²) in [4.78, 5) is 30.2. The zero-order valence-corrected chi connectivity index (χ0v) is 18.9. The van der Waals surface area contributed by atoms with E-state index in [1.807, 2.05) is 4.90 Å². The highest BCUT2D eigenvalue weighted by Crippen LogP contribution is 2.45. The summed E-state index contributed by atoms with van der Waals surface area (Å²) in [7, 11) is 1.55. The molecule has 3 aliphatic rings. The molecule has 30 heavy (non-hydrogen) atoms. The largest absolute Gasteiger partial charge is 0.496 e. The van der Waals surface area contributed by atoms with E-state index in [-0.39, 0.29) is 23.3 Å². The van der Waals surface area contributed by atoms with E-state index in [2.05, 4.69) is 24.1 Å². The fourth-order valence-corrected chi connectivity index (χ4v) is 5.83. The van der Waals surface area contributed by atoms with E-state index in [9.17, 15) is 9.59 Å². The first-order valence-electron chi connectivity index (χ1n) is 11.1. The van der Waals surface area contributed by atoms with Gasteiger partial charge >= 0.3 is 0 Å². The lowest BCUT2D eigenvalue weighted by Crippen LogP contribution is -2.56. The van der Waals surface area contributed by atoms with Gasteiger partial charge in [0.1, 0.15) is 5.75 Å². The Bertz CT molecular complexity index is 822. The second-order valence-corrected chi connectivity index (χ2v) is 9.52. The van der Waals surface area contributed by atoms with Gasteiger partial charge in [-0.3, -0.25) is 14.5 Å². The Kier molecular flexibility index (Phi) is 5.99. The molecule has 0 radical (unpaired) electrons. The van der Waals surface area contributed by atoms with Gasteiger partial charge in [-0.25, -0.2) is 0 Å². The highest BCUT2D eigenvalue weighted by atomic mass is 35.5. The van der Waals surface area contributed by atoms with Crippen LogP contribution in [0.5, 0.6) is 5.75 Å². The molecule has 0 saturated carbocycles. The van der Waals surface area contributed by atoms with Gasteiger partial charge in [0.25, 0.3) is 5.91 Å². The average molecular weight is 434 g/mol. The van der Waals surface area contributed by atoms with Crippen LogP contribution >= 0.6 is 11.6 Å². The molecule has 3 heterocycles. The second-order valence-electron chi connectivity index (χ2n) is 9.09. The molecule has 3 saturated heterocycles. The normalized spacial score (nSPS) is 26.5. The number of carbonyl (C=O) groups is 2. The Morgan fingerprint density at radius 3 is 2.73 bits per heavy atom. The van der Waals surface area contributed by atoms with Gasteiger partial charge in [0.05, 0.1) is 18.6 Å². The van der Waals surface area contributed by atoms with Gasteiger partial charge in [-0.15, -0.1) is 0 Å². The van der Waals surface area contributed by atoms with Crippen molar-refractivity contribution in [2.45, 2.75) is 51.1 Å². The molecule has 3 atom stereocenters. The number of likely N-dealkylation sites (tertiary alicyclic amines) is 2. The van der Waals surface area contributed by atoms with Crippen molar-refractivity contribution in [1.82, 2.24) is 15.1 Å². The quantitative estimate of drug-likeness (QED) is 0.774. The zero-order chi connectivity index (χ0) is 21.5. The maximum absolute atomic E-state index is 13.1. The van der Waals surface area contributed by atoms with Crippen LogP contribution in [0.1, 0.15) is 49.9 Å². The Balaban J connectivity index is 1.45. The van der Waals surface area contributed by atoms with Crippen molar-refractivity contribution in [3.8, 4) is 5.75 Å². The van der Waals surface area contributed by atoms with Crippen LogP contribution in [-0.2, 0) is 4.79 Å². The minimum Gasteiger partial charge on any atom is -0.496 e. The molecule has 0 aliphatic carbocycles. The van der Waals surface area contributed by atoms with Gasteiger partial charge < -0.3 is 15.0 Å². The average Bonchev–Trinajstić information content (AvgIpc) is 3.29. The Hall–Kier alpha value is -1.79. The third-order valence-electron chi connectivity index (χ3n) is 7.43.